The second-order valence-corrected chi connectivity index (χ2v) is 8.30. The van der Waals surface area contributed by atoms with Gasteiger partial charge in [0.25, 0.3) is 0 Å². The maximum atomic E-state index is 13.7. The molecule has 0 radical (unpaired) electrons. The Morgan fingerprint density at radius 3 is 2.12 bits per heavy atom. The standard InChI is InChI=1S/C17H20F3S.BF4/c1-2-12-9-6-10-15-14(12)11-16(21(15)17(18,19)20)13-7-4-3-5-8-13;2-1(3,4)5/h6,9-11,13H,2-5,7-8H2,1H3;/q+1;-1. The third-order valence-corrected chi connectivity index (χ3v) is 6.70. The van der Waals surface area contributed by atoms with Gasteiger partial charge in [-0.1, -0.05) is 38.3 Å². The molecule has 0 nitrogen and oxygen atoms in total. The summed E-state index contributed by atoms with van der Waals surface area (Å²) in [6.07, 6.45) is 5.91. The average molecular weight is 400 g/mol. The molecule has 1 heterocycles. The number of rotatable bonds is 2. The Balaban J connectivity index is 0.000000431. The molecule has 0 bridgehead atoms. The van der Waals surface area contributed by atoms with Crippen molar-refractivity contribution in [2.24, 2.45) is 0 Å². The van der Waals surface area contributed by atoms with Crippen molar-refractivity contribution < 1.29 is 30.4 Å². The molecule has 1 atom stereocenters. The van der Waals surface area contributed by atoms with E-state index in [0.29, 0.717) is 9.58 Å². The fourth-order valence-electron chi connectivity index (χ4n) is 3.50. The van der Waals surface area contributed by atoms with Crippen molar-refractivity contribution in [1.29, 1.82) is 0 Å². The van der Waals surface area contributed by atoms with E-state index >= 15 is 0 Å². The Kier molecular flexibility index (Phi) is 6.63. The second-order valence-electron chi connectivity index (χ2n) is 6.31. The fraction of sp³-hybridized carbons (Fsp3) is 0.529. The van der Waals surface area contributed by atoms with Crippen LogP contribution in [0.4, 0.5) is 30.4 Å². The molecule has 3 rings (SSSR count). The minimum absolute atomic E-state index is 0.126. The van der Waals surface area contributed by atoms with E-state index in [-0.39, 0.29) is 5.92 Å². The highest BCUT2D eigenvalue weighted by atomic mass is 32.2. The zero-order chi connectivity index (χ0) is 19.5. The summed E-state index contributed by atoms with van der Waals surface area (Å²) in [5.41, 5.74) is -3.11. The summed E-state index contributed by atoms with van der Waals surface area (Å²) < 4.78 is 80.5. The van der Waals surface area contributed by atoms with Gasteiger partial charge in [0.05, 0.1) is 10.5 Å². The maximum Gasteiger partial charge on any atom is 0.673 e. The molecule has 2 aromatic rings. The Labute approximate surface area is 150 Å². The molecule has 1 aromatic carbocycles. The van der Waals surface area contributed by atoms with Crippen molar-refractivity contribution in [1.82, 2.24) is 0 Å². The van der Waals surface area contributed by atoms with E-state index in [9.17, 15) is 30.4 Å². The van der Waals surface area contributed by atoms with Gasteiger partial charge in [-0.15, -0.1) is 13.2 Å². The minimum Gasteiger partial charge on any atom is -0.418 e. The molecule has 9 heteroatoms. The minimum atomic E-state index is -6.00. The molecule has 1 saturated carbocycles. The van der Waals surface area contributed by atoms with Crippen LogP contribution in [-0.2, 0) is 11.9 Å². The van der Waals surface area contributed by atoms with Gasteiger partial charge in [-0.05, 0) is 30.9 Å². The van der Waals surface area contributed by atoms with Crippen molar-refractivity contribution >= 4 is 27.8 Å². The summed E-state index contributed by atoms with van der Waals surface area (Å²) in [4.78, 5) is 0.651. The summed E-state index contributed by atoms with van der Waals surface area (Å²) in [5.74, 6) is 0.126. The van der Waals surface area contributed by atoms with E-state index in [1.807, 2.05) is 19.1 Å². The normalized spacial score (nSPS) is 17.2. The highest BCUT2D eigenvalue weighted by Crippen LogP contribution is 2.55. The summed E-state index contributed by atoms with van der Waals surface area (Å²) in [6.45, 7) is 2.01. The smallest absolute Gasteiger partial charge is 0.418 e. The molecule has 0 saturated heterocycles. The maximum absolute atomic E-state index is 13.7. The number of thiophene rings is 1. The molecule has 1 aliphatic carbocycles. The van der Waals surface area contributed by atoms with E-state index in [1.165, 1.54) is 0 Å². The highest BCUT2D eigenvalue weighted by Gasteiger charge is 2.49. The SMILES string of the molecule is CCc1cccc2c1cc(C1CCCCC1)[s+]2C(F)(F)F.F[B-](F)(F)F. The number of alkyl halides is 3. The zero-order valence-corrected chi connectivity index (χ0v) is 15.1. The molecule has 1 aliphatic rings. The van der Waals surface area contributed by atoms with E-state index in [0.717, 1.165) is 49.5 Å². The lowest BCUT2D eigenvalue weighted by Crippen LogP contribution is -2.06. The predicted molar refractivity (Wildman–Crippen MR) is 93.1 cm³/mol. The third kappa shape index (κ3) is 5.38. The topological polar surface area (TPSA) is 0 Å². The first-order valence-electron chi connectivity index (χ1n) is 8.54. The Hall–Kier alpha value is -1.25. The van der Waals surface area contributed by atoms with Crippen LogP contribution in [-0.4, -0.2) is 7.25 Å². The number of benzene rings is 1. The van der Waals surface area contributed by atoms with Gasteiger partial charge < -0.3 is 17.3 Å². The van der Waals surface area contributed by atoms with Crippen LogP contribution in [0.5, 0.6) is 0 Å². The molecule has 0 N–H and O–H groups in total. The first kappa shape index (κ1) is 21.1. The summed E-state index contributed by atoms with van der Waals surface area (Å²) in [7, 11) is -7.71. The molecule has 0 aliphatic heterocycles. The van der Waals surface area contributed by atoms with Crippen LogP contribution in [0.2, 0.25) is 0 Å². The van der Waals surface area contributed by atoms with Gasteiger partial charge in [0.15, 0.2) is 9.58 Å². The molecule has 0 spiro atoms. The summed E-state index contributed by atoms with van der Waals surface area (Å²) in [5, 5.41) is 0.848. The van der Waals surface area contributed by atoms with Crippen LogP contribution in [0.25, 0.3) is 10.1 Å². The lowest BCUT2D eigenvalue weighted by Gasteiger charge is -2.18. The largest absolute Gasteiger partial charge is 0.673 e. The molecular formula is C17H20BF7S. The molecule has 1 fully saturated rings. The summed E-state index contributed by atoms with van der Waals surface area (Å²) >= 11 is 0. The van der Waals surface area contributed by atoms with Gasteiger partial charge in [-0.2, -0.15) is 0 Å². The first-order chi connectivity index (χ1) is 12.0. The number of hydrogen-bond acceptors (Lipinski definition) is 0. The number of hydrogen-bond donors (Lipinski definition) is 0. The van der Waals surface area contributed by atoms with Crippen molar-refractivity contribution in [3.8, 4) is 0 Å². The number of aryl methyl sites for hydroxylation is 1. The predicted octanol–water partition coefficient (Wildman–Crippen LogP) is 7.98. The van der Waals surface area contributed by atoms with Crippen molar-refractivity contribution in [3.63, 3.8) is 0 Å². The van der Waals surface area contributed by atoms with Crippen molar-refractivity contribution in [2.45, 2.75) is 56.9 Å². The van der Waals surface area contributed by atoms with E-state index in [1.54, 1.807) is 12.1 Å². The third-order valence-electron chi connectivity index (χ3n) is 4.52. The van der Waals surface area contributed by atoms with Gasteiger partial charge in [-0.25, -0.2) is 0 Å². The number of fused-ring (bicyclic) bond motifs is 1. The molecule has 1 aromatic heterocycles. The summed E-state index contributed by atoms with van der Waals surface area (Å²) in [6, 6.07) is 7.29. The molecule has 1 unspecified atom stereocenters. The Morgan fingerprint density at radius 1 is 1.04 bits per heavy atom. The van der Waals surface area contributed by atoms with Crippen LogP contribution < -0.4 is 0 Å². The molecule has 0 amide bonds. The average Bonchev–Trinajstić information content (AvgIpc) is 2.93. The fourth-order valence-corrected chi connectivity index (χ4v) is 5.70. The van der Waals surface area contributed by atoms with Gasteiger partial charge in [0, 0.05) is 17.4 Å². The van der Waals surface area contributed by atoms with E-state index in [4.69, 9.17) is 0 Å². The van der Waals surface area contributed by atoms with E-state index in [2.05, 4.69) is 0 Å². The van der Waals surface area contributed by atoms with Crippen molar-refractivity contribution in [2.75, 3.05) is 0 Å². The van der Waals surface area contributed by atoms with Crippen LogP contribution in [0.15, 0.2) is 24.3 Å². The van der Waals surface area contributed by atoms with Gasteiger partial charge in [0.2, 0.25) is 0 Å². The quantitative estimate of drug-likeness (QED) is 0.272. The molecule has 146 valence electrons. The Morgan fingerprint density at radius 2 is 1.62 bits per heavy atom. The van der Waals surface area contributed by atoms with E-state index < -0.39 is 23.2 Å². The Bertz CT molecular complexity index is 721. The van der Waals surface area contributed by atoms with Gasteiger partial charge in [-0.3, -0.25) is 0 Å². The van der Waals surface area contributed by atoms with Crippen LogP contribution >= 0.6 is 10.5 Å². The first-order valence-corrected chi connectivity index (χ1v) is 9.76. The lowest BCUT2D eigenvalue weighted by atomic mass is 9.88. The van der Waals surface area contributed by atoms with Gasteiger partial charge >= 0.3 is 12.8 Å². The lowest BCUT2D eigenvalue weighted by molar-refractivity contribution is -0.0868. The number of halogens is 7. The molecular weight excluding hydrogens is 380 g/mol. The van der Waals surface area contributed by atoms with Gasteiger partial charge in [0.1, 0.15) is 0 Å². The van der Waals surface area contributed by atoms with Crippen LogP contribution in [0, 0.1) is 0 Å². The highest BCUT2D eigenvalue weighted by molar-refractivity contribution is 7.38. The monoisotopic (exact) mass is 400 g/mol. The molecule has 26 heavy (non-hydrogen) atoms. The van der Waals surface area contributed by atoms with Crippen molar-refractivity contribution in [3.05, 3.63) is 34.7 Å². The van der Waals surface area contributed by atoms with Crippen LogP contribution in [0.3, 0.4) is 0 Å². The second kappa shape index (κ2) is 8.19. The van der Waals surface area contributed by atoms with Crippen LogP contribution in [0.1, 0.15) is 55.4 Å². The zero-order valence-electron chi connectivity index (χ0n) is 14.3.